The molecule has 1 aliphatic heterocycles. The molecule has 1 aromatic heterocycles. The number of carbonyl (C=O) groups excluding carboxylic acids is 1. The lowest BCUT2D eigenvalue weighted by molar-refractivity contribution is 0.0971. The number of nitrogens with zero attached hydrogens (tertiary/aromatic N) is 1. The van der Waals surface area contributed by atoms with Gasteiger partial charge in [-0.05, 0) is 42.0 Å². The molecule has 1 atom stereocenters. The molecule has 5 rings (SSSR count). The highest BCUT2D eigenvalue weighted by Crippen LogP contribution is 2.42. The number of carbonyl (C=O) groups is 1. The fourth-order valence-electron chi connectivity index (χ4n) is 3.97. The summed E-state index contributed by atoms with van der Waals surface area (Å²) in [5.74, 6) is -0.640. The Morgan fingerprint density at radius 3 is 2.52 bits per heavy atom. The molecule has 1 unspecified atom stereocenters. The summed E-state index contributed by atoms with van der Waals surface area (Å²) in [7, 11) is 1.50. The molecule has 7 heteroatoms. The van der Waals surface area contributed by atoms with Gasteiger partial charge >= 0.3 is 0 Å². The standard InChI is InChI=1S/C24H15ClFNO4/c1-30-19-10-8-15(12-17(19)25)27-21(13-5-3-2-4-6-13)20-22(28)16-11-14(26)7-9-18(16)31-23(20)24(27)29/h2-12,21H,1H3. The molecule has 0 bridgehead atoms. The minimum atomic E-state index is -0.753. The minimum absolute atomic E-state index is 0.0649. The van der Waals surface area contributed by atoms with Gasteiger partial charge in [-0.2, -0.15) is 0 Å². The lowest BCUT2D eigenvalue weighted by atomic mass is 9.98. The van der Waals surface area contributed by atoms with Crippen molar-refractivity contribution in [2.75, 3.05) is 12.0 Å². The van der Waals surface area contributed by atoms with Crippen LogP contribution in [-0.2, 0) is 0 Å². The quantitative estimate of drug-likeness (QED) is 0.435. The van der Waals surface area contributed by atoms with Crippen molar-refractivity contribution in [3.05, 3.63) is 105 Å². The lowest BCUT2D eigenvalue weighted by Gasteiger charge is -2.25. The zero-order chi connectivity index (χ0) is 21.7. The van der Waals surface area contributed by atoms with Crippen molar-refractivity contribution >= 4 is 34.2 Å². The van der Waals surface area contributed by atoms with Crippen LogP contribution < -0.4 is 15.1 Å². The number of benzene rings is 3. The number of hydrogen-bond acceptors (Lipinski definition) is 4. The molecule has 1 amide bonds. The van der Waals surface area contributed by atoms with Gasteiger partial charge in [-0.25, -0.2) is 4.39 Å². The minimum Gasteiger partial charge on any atom is -0.495 e. The fraction of sp³-hybridized carbons (Fsp3) is 0.0833. The molecule has 0 N–H and O–H groups in total. The van der Waals surface area contributed by atoms with E-state index in [2.05, 4.69) is 0 Å². The second-order valence-electron chi connectivity index (χ2n) is 7.12. The Morgan fingerprint density at radius 2 is 1.81 bits per heavy atom. The van der Waals surface area contributed by atoms with Crippen LogP contribution in [0, 0.1) is 5.82 Å². The SMILES string of the molecule is COc1ccc(N2C(=O)c3oc4ccc(F)cc4c(=O)c3C2c2ccccc2)cc1Cl. The normalized spacial score (nSPS) is 15.4. The maximum absolute atomic E-state index is 13.8. The van der Waals surface area contributed by atoms with Crippen molar-refractivity contribution < 1.29 is 18.3 Å². The van der Waals surface area contributed by atoms with Crippen molar-refractivity contribution in [1.82, 2.24) is 0 Å². The van der Waals surface area contributed by atoms with Crippen molar-refractivity contribution in [3.63, 3.8) is 0 Å². The largest absolute Gasteiger partial charge is 0.495 e. The maximum atomic E-state index is 13.8. The maximum Gasteiger partial charge on any atom is 0.295 e. The van der Waals surface area contributed by atoms with E-state index in [0.717, 1.165) is 6.07 Å². The molecule has 0 spiro atoms. The molecule has 31 heavy (non-hydrogen) atoms. The fourth-order valence-corrected chi connectivity index (χ4v) is 4.22. The number of anilines is 1. The third-order valence-corrected chi connectivity index (χ3v) is 5.66. The molecule has 154 valence electrons. The average molecular weight is 436 g/mol. The predicted octanol–water partition coefficient (Wildman–Crippen LogP) is 5.34. The molecule has 0 aliphatic carbocycles. The van der Waals surface area contributed by atoms with Crippen LogP contribution in [0.3, 0.4) is 0 Å². The predicted molar refractivity (Wildman–Crippen MR) is 116 cm³/mol. The van der Waals surface area contributed by atoms with Crippen molar-refractivity contribution in [2.24, 2.45) is 0 Å². The monoisotopic (exact) mass is 435 g/mol. The lowest BCUT2D eigenvalue weighted by Crippen LogP contribution is -2.29. The Hall–Kier alpha value is -3.64. The van der Waals surface area contributed by atoms with Gasteiger partial charge in [-0.15, -0.1) is 0 Å². The van der Waals surface area contributed by atoms with Crippen LogP contribution in [0.5, 0.6) is 5.75 Å². The number of rotatable bonds is 3. The van der Waals surface area contributed by atoms with Gasteiger partial charge in [0, 0.05) is 5.69 Å². The highest BCUT2D eigenvalue weighted by atomic mass is 35.5. The Bertz CT molecular complexity index is 1400. The average Bonchev–Trinajstić information content (AvgIpc) is 3.07. The zero-order valence-corrected chi connectivity index (χ0v) is 17.0. The van der Waals surface area contributed by atoms with E-state index in [-0.39, 0.29) is 22.3 Å². The summed E-state index contributed by atoms with van der Waals surface area (Å²) < 4.78 is 24.9. The first-order valence-electron chi connectivity index (χ1n) is 9.48. The van der Waals surface area contributed by atoms with E-state index in [1.807, 2.05) is 30.3 Å². The topological polar surface area (TPSA) is 59.8 Å². The Balaban J connectivity index is 1.80. The van der Waals surface area contributed by atoms with Crippen LogP contribution in [-0.4, -0.2) is 13.0 Å². The molecule has 0 radical (unpaired) electrons. The van der Waals surface area contributed by atoms with E-state index in [1.165, 1.54) is 24.1 Å². The third-order valence-electron chi connectivity index (χ3n) is 5.36. The van der Waals surface area contributed by atoms with Gasteiger partial charge in [0.15, 0.2) is 5.43 Å². The highest BCUT2D eigenvalue weighted by Gasteiger charge is 2.43. The van der Waals surface area contributed by atoms with Gasteiger partial charge < -0.3 is 9.15 Å². The van der Waals surface area contributed by atoms with Gasteiger partial charge in [0.2, 0.25) is 5.76 Å². The number of halogens is 2. The van der Waals surface area contributed by atoms with E-state index < -0.39 is 23.2 Å². The molecule has 3 aromatic carbocycles. The summed E-state index contributed by atoms with van der Waals surface area (Å²) >= 11 is 6.30. The summed E-state index contributed by atoms with van der Waals surface area (Å²) in [5.41, 5.74) is 1.07. The Kier molecular flexibility index (Phi) is 4.52. The summed E-state index contributed by atoms with van der Waals surface area (Å²) in [6.07, 6.45) is 0. The molecular weight excluding hydrogens is 421 g/mol. The van der Waals surface area contributed by atoms with Crippen molar-refractivity contribution in [3.8, 4) is 5.75 Å². The molecule has 5 nitrogen and oxygen atoms in total. The van der Waals surface area contributed by atoms with Crippen LogP contribution in [0.4, 0.5) is 10.1 Å². The van der Waals surface area contributed by atoms with Crippen LogP contribution in [0.25, 0.3) is 11.0 Å². The number of hydrogen-bond donors (Lipinski definition) is 0. The Morgan fingerprint density at radius 1 is 1.03 bits per heavy atom. The van der Waals surface area contributed by atoms with Crippen LogP contribution in [0.1, 0.15) is 27.7 Å². The van der Waals surface area contributed by atoms with Crippen LogP contribution in [0.15, 0.2) is 75.9 Å². The van der Waals surface area contributed by atoms with E-state index in [0.29, 0.717) is 22.0 Å². The molecule has 0 saturated carbocycles. The molecule has 0 saturated heterocycles. The van der Waals surface area contributed by atoms with Crippen LogP contribution in [0.2, 0.25) is 5.02 Å². The summed E-state index contributed by atoms with van der Waals surface area (Å²) in [5, 5.41) is 0.407. The second-order valence-corrected chi connectivity index (χ2v) is 7.53. The number of methoxy groups -OCH3 is 1. The first kappa shape index (κ1) is 19.3. The van der Waals surface area contributed by atoms with E-state index in [4.69, 9.17) is 20.8 Å². The first-order chi connectivity index (χ1) is 15.0. The number of ether oxygens (including phenoxy) is 1. The molecular formula is C24H15ClFNO4. The van der Waals surface area contributed by atoms with Crippen molar-refractivity contribution in [1.29, 1.82) is 0 Å². The summed E-state index contributed by atoms with van der Waals surface area (Å²) in [4.78, 5) is 28.3. The summed E-state index contributed by atoms with van der Waals surface area (Å²) in [6.45, 7) is 0. The molecule has 2 heterocycles. The van der Waals surface area contributed by atoms with E-state index >= 15 is 0 Å². The second kappa shape index (κ2) is 7.25. The van der Waals surface area contributed by atoms with E-state index in [9.17, 15) is 14.0 Å². The molecule has 4 aromatic rings. The highest BCUT2D eigenvalue weighted by molar-refractivity contribution is 6.32. The number of amides is 1. The van der Waals surface area contributed by atoms with Crippen LogP contribution >= 0.6 is 11.6 Å². The number of fused-ring (bicyclic) bond motifs is 2. The van der Waals surface area contributed by atoms with Gasteiger partial charge in [0.1, 0.15) is 17.1 Å². The molecule has 1 aliphatic rings. The van der Waals surface area contributed by atoms with Crippen molar-refractivity contribution in [2.45, 2.75) is 6.04 Å². The zero-order valence-electron chi connectivity index (χ0n) is 16.3. The van der Waals surface area contributed by atoms with E-state index in [1.54, 1.807) is 18.2 Å². The molecule has 0 fully saturated rings. The third kappa shape index (κ3) is 2.99. The first-order valence-corrected chi connectivity index (χ1v) is 9.85. The smallest absolute Gasteiger partial charge is 0.295 e. The Labute approximate surface area is 181 Å². The van der Waals surface area contributed by atoms with Gasteiger partial charge in [0.25, 0.3) is 5.91 Å². The van der Waals surface area contributed by atoms with Gasteiger partial charge in [0.05, 0.1) is 29.1 Å². The van der Waals surface area contributed by atoms with Gasteiger partial charge in [-0.3, -0.25) is 14.5 Å². The summed E-state index contributed by atoms with van der Waals surface area (Å²) in [6, 6.07) is 17.0. The van der Waals surface area contributed by atoms with Gasteiger partial charge in [-0.1, -0.05) is 41.9 Å².